The Kier molecular flexibility index (Phi) is 5.85. The minimum absolute atomic E-state index is 0.0786. The van der Waals surface area contributed by atoms with E-state index in [0.29, 0.717) is 33.8 Å². The fraction of sp³-hybridized carbons (Fsp3) is 0.364. The molecule has 1 aromatic heterocycles. The van der Waals surface area contributed by atoms with Crippen molar-refractivity contribution in [1.29, 1.82) is 0 Å². The normalized spacial score (nSPS) is 18.9. The third-order valence-electron chi connectivity index (χ3n) is 5.26. The monoisotopic (exact) mass is 412 g/mol. The van der Waals surface area contributed by atoms with E-state index in [2.05, 4.69) is 5.32 Å². The van der Waals surface area contributed by atoms with E-state index in [9.17, 15) is 4.79 Å². The van der Waals surface area contributed by atoms with Gasteiger partial charge in [-0.25, -0.2) is 0 Å². The van der Waals surface area contributed by atoms with E-state index in [0.717, 1.165) is 25.7 Å². The lowest BCUT2D eigenvalue weighted by Gasteiger charge is -2.29. The van der Waals surface area contributed by atoms with E-state index in [4.69, 9.17) is 26.1 Å². The maximum absolute atomic E-state index is 12.8. The summed E-state index contributed by atoms with van der Waals surface area (Å²) >= 11 is 5.41. The Morgan fingerprint density at radius 3 is 2.69 bits per heavy atom. The van der Waals surface area contributed by atoms with Gasteiger partial charge in [0.1, 0.15) is 23.8 Å². The zero-order chi connectivity index (χ0) is 20.2. The number of hydrogen-bond donors (Lipinski definition) is 1. The summed E-state index contributed by atoms with van der Waals surface area (Å²) in [7, 11) is 1.60. The molecule has 0 atom stereocenters. The number of nitrogens with one attached hydrogen (secondary N) is 1. The minimum atomic E-state index is -0.0786. The van der Waals surface area contributed by atoms with Crippen LogP contribution in [0.3, 0.4) is 0 Å². The van der Waals surface area contributed by atoms with Crippen LogP contribution in [0.1, 0.15) is 43.6 Å². The van der Waals surface area contributed by atoms with Gasteiger partial charge in [0, 0.05) is 12.1 Å². The average Bonchev–Trinajstić information content (AvgIpc) is 3.31. The Morgan fingerprint density at radius 1 is 1.17 bits per heavy atom. The quantitative estimate of drug-likeness (QED) is 0.565. The molecule has 1 amide bonds. The second-order valence-corrected chi connectivity index (χ2v) is 7.59. The molecule has 1 aromatic carbocycles. The van der Waals surface area contributed by atoms with Crippen molar-refractivity contribution in [2.24, 2.45) is 0 Å². The average molecular weight is 413 g/mol. The van der Waals surface area contributed by atoms with E-state index < -0.39 is 0 Å². The van der Waals surface area contributed by atoms with Crippen molar-refractivity contribution in [1.82, 2.24) is 10.2 Å². The lowest BCUT2D eigenvalue weighted by Crippen LogP contribution is -2.41. The summed E-state index contributed by atoms with van der Waals surface area (Å²) < 4.78 is 16.9. The molecule has 4 rings (SSSR count). The molecule has 29 heavy (non-hydrogen) atoms. The van der Waals surface area contributed by atoms with Crippen LogP contribution in [0.5, 0.6) is 11.5 Å². The zero-order valence-corrected chi connectivity index (χ0v) is 17.2. The molecule has 1 saturated carbocycles. The standard InChI is InChI=1S/C22H24N2O4S/c1-26-19-9-5-6-10-20(19)27-14-17-12-11-16(28-17)13-18-21(25)24(22(29)23-18)15-7-3-2-4-8-15/h5-6,9-13,15H,2-4,7-8,14H2,1H3,(H,23,29)/b18-13+. The van der Waals surface area contributed by atoms with Crippen LogP contribution < -0.4 is 14.8 Å². The molecule has 7 heteroatoms. The van der Waals surface area contributed by atoms with Gasteiger partial charge in [0.25, 0.3) is 5.91 Å². The molecule has 0 bridgehead atoms. The lowest BCUT2D eigenvalue weighted by molar-refractivity contribution is -0.124. The topological polar surface area (TPSA) is 63.9 Å². The Balaban J connectivity index is 1.42. The number of carbonyl (C=O) groups excluding carboxylic acids is 1. The number of para-hydroxylation sites is 2. The second kappa shape index (κ2) is 8.69. The summed E-state index contributed by atoms with van der Waals surface area (Å²) in [6, 6.07) is 11.3. The largest absolute Gasteiger partial charge is 0.493 e. The summed E-state index contributed by atoms with van der Waals surface area (Å²) in [5, 5.41) is 3.53. The third-order valence-corrected chi connectivity index (χ3v) is 5.56. The number of amides is 1. The smallest absolute Gasteiger partial charge is 0.276 e. The van der Waals surface area contributed by atoms with Crippen molar-refractivity contribution in [3.63, 3.8) is 0 Å². The van der Waals surface area contributed by atoms with Crippen LogP contribution in [-0.2, 0) is 11.4 Å². The molecule has 0 spiro atoms. The van der Waals surface area contributed by atoms with Gasteiger partial charge >= 0.3 is 0 Å². The molecule has 2 heterocycles. The van der Waals surface area contributed by atoms with Gasteiger partial charge in [-0.05, 0) is 49.3 Å². The van der Waals surface area contributed by atoms with Crippen LogP contribution in [0.15, 0.2) is 46.5 Å². The number of furan rings is 1. The first-order chi connectivity index (χ1) is 14.2. The van der Waals surface area contributed by atoms with Gasteiger partial charge < -0.3 is 19.2 Å². The molecule has 1 aliphatic carbocycles. The first-order valence-electron chi connectivity index (χ1n) is 9.86. The molecule has 6 nitrogen and oxygen atoms in total. The predicted octanol–water partition coefficient (Wildman–Crippen LogP) is 4.26. The van der Waals surface area contributed by atoms with Gasteiger partial charge in [0.05, 0.1) is 7.11 Å². The SMILES string of the molecule is COc1ccccc1OCc1ccc(/C=C2/NC(=S)N(C3CCCCC3)C2=O)o1. The molecule has 0 radical (unpaired) electrons. The molecule has 1 saturated heterocycles. The van der Waals surface area contributed by atoms with Gasteiger partial charge in [-0.2, -0.15) is 0 Å². The number of methoxy groups -OCH3 is 1. The number of carbonyl (C=O) groups is 1. The van der Waals surface area contributed by atoms with Gasteiger partial charge in [0.2, 0.25) is 0 Å². The van der Waals surface area contributed by atoms with Crippen molar-refractivity contribution >= 4 is 29.3 Å². The maximum atomic E-state index is 12.8. The summed E-state index contributed by atoms with van der Waals surface area (Å²) in [6.45, 7) is 0.261. The first-order valence-corrected chi connectivity index (χ1v) is 10.3. The number of thiocarbonyl (C=S) groups is 1. The van der Waals surface area contributed by atoms with Gasteiger partial charge in [-0.1, -0.05) is 31.4 Å². The van der Waals surface area contributed by atoms with Crippen molar-refractivity contribution in [2.45, 2.75) is 44.8 Å². The third kappa shape index (κ3) is 4.29. The predicted molar refractivity (Wildman–Crippen MR) is 113 cm³/mol. The molecule has 2 aliphatic rings. The minimum Gasteiger partial charge on any atom is -0.493 e. The zero-order valence-electron chi connectivity index (χ0n) is 16.3. The van der Waals surface area contributed by atoms with Crippen LogP contribution >= 0.6 is 12.2 Å². The number of rotatable bonds is 6. The Bertz CT molecular complexity index is 930. The number of benzene rings is 1. The lowest BCUT2D eigenvalue weighted by atomic mass is 9.94. The summed E-state index contributed by atoms with van der Waals surface area (Å²) in [4.78, 5) is 14.6. The Morgan fingerprint density at radius 2 is 1.93 bits per heavy atom. The van der Waals surface area contributed by atoms with E-state index >= 15 is 0 Å². The maximum Gasteiger partial charge on any atom is 0.276 e. The number of hydrogen-bond acceptors (Lipinski definition) is 5. The fourth-order valence-corrected chi connectivity index (χ4v) is 4.14. The Labute approximate surface area is 175 Å². The number of nitrogens with zero attached hydrogens (tertiary/aromatic N) is 1. The molecule has 1 aliphatic heterocycles. The van der Waals surface area contributed by atoms with Crippen LogP contribution in [0.2, 0.25) is 0 Å². The van der Waals surface area contributed by atoms with Crippen LogP contribution in [0.25, 0.3) is 6.08 Å². The van der Waals surface area contributed by atoms with Crippen molar-refractivity contribution in [3.8, 4) is 11.5 Å². The summed E-state index contributed by atoms with van der Waals surface area (Å²) in [5.41, 5.74) is 0.451. The Hall–Kier alpha value is -2.80. The fourth-order valence-electron chi connectivity index (χ4n) is 3.80. The van der Waals surface area contributed by atoms with Crippen molar-refractivity contribution in [2.75, 3.05) is 7.11 Å². The molecule has 2 fully saturated rings. The summed E-state index contributed by atoms with van der Waals surface area (Å²) in [5.74, 6) is 2.46. The highest BCUT2D eigenvalue weighted by atomic mass is 32.1. The first kappa shape index (κ1) is 19.5. The highest BCUT2D eigenvalue weighted by molar-refractivity contribution is 7.80. The molecular weight excluding hydrogens is 388 g/mol. The van der Waals surface area contributed by atoms with Gasteiger partial charge in [0.15, 0.2) is 16.6 Å². The molecule has 2 aromatic rings. The van der Waals surface area contributed by atoms with E-state index in [1.165, 1.54) is 6.42 Å². The van der Waals surface area contributed by atoms with Gasteiger partial charge in [-0.15, -0.1) is 0 Å². The van der Waals surface area contributed by atoms with Crippen LogP contribution in [0.4, 0.5) is 0 Å². The summed E-state index contributed by atoms with van der Waals surface area (Å²) in [6.07, 6.45) is 7.23. The van der Waals surface area contributed by atoms with Crippen LogP contribution in [0, 0.1) is 0 Å². The van der Waals surface area contributed by atoms with Crippen LogP contribution in [-0.4, -0.2) is 29.1 Å². The van der Waals surface area contributed by atoms with Crippen molar-refractivity contribution < 1.29 is 18.7 Å². The van der Waals surface area contributed by atoms with E-state index in [1.807, 2.05) is 36.4 Å². The van der Waals surface area contributed by atoms with E-state index in [-0.39, 0.29) is 18.6 Å². The highest BCUT2D eigenvalue weighted by Crippen LogP contribution is 2.28. The molecular formula is C22H24N2O4S. The highest BCUT2D eigenvalue weighted by Gasteiger charge is 2.36. The van der Waals surface area contributed by atoms with Gasteiger partial charge in [-0.3, -0.25) is 9.69 Å². The number of ether oxygens (including phenoxy) is 2. The van der Waals surface area contributed by atoms with Crippen molar-refractivity contribution in [3.05, 3.63) is 53.6 Å². The molecule has 152 valence electrons. The van der Waals surface area contributed by atoms with E-state index in [1.54, 1.807) is 18.1 Å². The molecule has 1 N–H and O–H groups in total. The molecule has 0 unspecified atom stereocenters. The second-order valence-electron chi connectivity index (χ2n) is 7.20.